The van der Waals surface area contributed by atoms with Crippen molar-refractivity contribution in [3.8, 4) is 11.4 Å². The normalized spacial score (nSPS) is 16.0. The van der Waals surface area contributed by atoms with Crippen molar-refractivity contribution in [2.45, 2.75) is 63.2 Å². The summed E-state index contributed by atoms with van der Waals surface area (Å²) in [5.74, 6) is 1.18. The zero-order valence-corrected chi connectivity index (χ0v) is 16.8. The highest BCUT2D eigenvalue weighted by Gasteiger charge is 2.26. The summed E-state index contributed by atoms with van der Waals surface area (Å²) in [5, 5.41) is 13.3. The van der Waals surface area contributed by atoms with Gasteiger partial charge in [-0.2, -0.15) is 0 Å². The summed E-state index contributed by atoms with van der Waals surface area (Å²) in [4.78, 5) is 12.1. The molecule has 7 heteroatoms. The van der Waals surface area contributed by atoms with Gasteiger partial charge in [-0.25, -0.2) is 0 Å². The van der Waals surface area contributed by atoms with Crippen LogP contribution in [0.25, 0.3) is 11.4 Å². The zero-order chi connectivity index (χ0) is 18.5. The summed E-state index contributed by atoms with van der Waals surface area (Å²) in [6, 6.07) is 8.28. The number of amides is 1. The van der Waals surface area contributed by atoms with Gasteiger partial charge in [-0.05, 0) is 38.3 Å². The number of halogens is 1. The van der Waals surface area contributed by atoms with Crippen LogP contribution in [-0.4, -0.2) is 32.5 Å². The lowest BCUT2D eigenvalue weighted by atomic mass is 10.2. The molecule has 0 saturated heterocycles. The molecule has 1 aliphatic carbocycles. The molecule has 0 radical (unpaired) electrons. The molecule has 140 valence electrons. The molecule has 1 amide bonds. The molecule has 3 rings (SSSR count). The lowest BCUT2D eigenvalue weighted by Gasteiger charge is -2.17. The molecule has 1 fully saturated rings. The van der Waals surface area contributed by atoms with E-state index in [1.54, 1.807) is 0 Å². The van der Waals surface area contributed by atoms with Crippen LogP contribution in [0, 0.1) is 0 Å². The summed E-state index contributed by atoms with van der Waals surface area (Å²) in [6.07, 6.45) is 5.57. The number of nitrogens with one attached hydrogen (secondary N) is 1. The first-order valence-electron chi connectivity index (χ1n) is 9.22. The van der Waals surface area contributed by atoms with E-state index >= 15 is 0 Å². The van der Waals surface area contributed by atoms with Crippen LogP contribution in [0.5, 0.6) is 0 Å². The van der Waals surface area contributed by atoms with Gasteiger partial charge in [-0.1, -0.05) is 55.3 Å². The van der Waals surface area contributed by atoms with E-state index in [9.17, 15) is 4.79 Å². The Balaban J connectivity index is 1.84. The van der Waals surface area contributed by atoms with E-state index in [1.807, 2.05) is 31.2 Å². The average Bonchev–Trinajstić information content (AvgIpc) is 3.29. The van der Waals surface area contributed by atoms with Crippen LogP contribution in [0.2, 0.25) is 5.02 Å². The zero-order valence-electron chi connectivity index (χ0n) is 15.2. The molecule has 1 atom stereocenters. The molecule has 1 saturated carbocycles. The maximum atomic E-state index is 12.1. The Morgan fingerprint density at radius 2 is 2.08 bits per heavy atom. The minimum absolute atomic E-state index is 0.0321. The topological polar surface area (TPSA) is 59.8 Å². The lowest BCUT2D eigenvalue weighted by molar-refractivity contribution is -0.119. The first-order chi connectivity index (χ1) is 12.6. The number of thioether (sulfide) groups is 1. The molecule has 2 aromatic rings. The third kappa shape index (κ3) is 4.41. The second kappa shape index (κ2) is 8.91. The summed E-state index contributed by atoms with van der Waals surface area (Å²) < 4.78 is 2.19. The molecule has 1 aromatic carbocycles. The van der Waals surface area contributed by atoms with E-state index in [1.165, 1.54) is 24.6 Å². The van der Waals surface area contributed by atoms with Crippen LogP contribution in [-0.2, 0) is 4.79 Å². The quantitative estimate of drug-likeness (QED) is 0.692. The van der Waals surface area contributed by atoms with Crippen LogP contribution in [0.15, 0.2) is 29.4 Å². The van der Waals surface area contributed by atoms with Crippen molar-refractivity contribution in [3.63, 3.8) is 0 Å². The van der Waals surface area contributed by atoms with Crippen LogP contribution < -0.4 is 5.32 Å². The van der Waals surface area contributed by atoms with Crippen LogP contribution >= 0.6 is 23.4 Å². The lowest BCUT2D eigenvalue weighted by Crippen LogP contribution is -2.33. The molecule has 0 aliphatic heterocycles. The average molecular weight is 393 g/mol. The van der Waals surface area contributed by atoms with Gasteiger partial charge >= 0.3 is 0 Å². The highest BCUT2D eigenvalue weighted by molar-refractivity contribution is 7.99. The number of hydrogen-bond donors (Lipinski definition) is 1. The molecule has 1 aromatic heterocycles. The van der Waals surface area contributed by atoms with Gasteiger partial charge in [0.25, 0.3) is 0 Å². The Kier molecular flexibility index (Phi) is 6.59. The molecule has 1 aliphatic rings. The maximum Gasteiger partial charge on any atom is 0.230 e. The largest absolute Gasteiger partial charge is 0.353 e. The predicted molar refractivity (Wildman–Crippen MR) is 107 cm³/mol. The third-order valence-electron chi connectivity index (χ3n) is 4.82. The van der Waals surface area contributed by atoms with Crippen molar-refractivity contribution in [2.75, 3.05) is 5.75 Å². The first-order valence-corrected chi connectivity index (χ1v) is 10.6. The summed E-state index contributed by atoms with van der Waals surface area (Å²) in [7, 11) is 0. The van der Waals surface area contributed by atoms with Crippen molar-refractivity contribution >= 4 is 29.3 Å². The number of rotatable bonds is 7. The minimum Gasteiger partial charge on any atom is -0.353 e. The Morgan fingerprint density at radius 1 is 1.35 bits per heavy atom. The molecule has 0 bridgehead atoms. The van der Waals surface area contributed by atoms with Gasteiger partial charge in [0, 0.05) is 17.6 Å². The number of aromatic nitrogens is 3. The van der Waals surface area contributed by atoms with Gasteiger partial charge in [0.2, 0.25) is 5.91 Å². The van der Waals surface area contributed by atoms with Crippen molar-refractivity contribution < 1.29 is 4.79 Å². The van der Waals surface area contributed by atoms with Crippen LogP contribution in [0.4, 0.5) is 0 Å². The van der Waals surface area contributed by atoms with Gasteiger partial charge in [0.05, 0.1) is 10.8 Å². The second-order valence-corrected chi connectivity index (χ2v) is 8.11. The first kappa shape index (κ1) is 19.2. The fraction of sp³-hybridized carbons (Fsp3) is 0.526. The molecular formula is C19H25ClN4OS. The van der Waals surface area contributed by atoms with Gasteiger partial charge in [0.1, 0.15) is 0 Å². The van der Waals surface area contributed by atoms with Crippen LogP contribution in [0.3, 0.4) is 0 Å². The van der Waals surface area contributed by atoms with Gasteiger partial charge < -0.3 is 5.32 Å². The Labute approximate surface area is 163 Å². The fourth-order valence-corrected chi connectivity index (χ4v) is 4.28. The van der Waals surface area contributed by atoms with Gasteiger partial charge in [-0.15, -0.1) is 10.2 Å². The Morgan fingerprint density at radius 3 is 2.77 bits per heavy atom. The van der Waals surface area contributed by atoms with E-state index in [4.69, 9.17) is 11.6 Å². The molecule has 1 heterocycles. The number of nitrogens with zero attached hydrogens (tertiary/aromatic N) is 3. The van der Waals surface area contributed by atoms with Crippen molar-refractivity contribution in [3.05, 3.63) is 29.3 Å². The van der Waals surface area contributed by atoms with E-state index < -0.39 is 0 Å². The summed E-state index contributed by atoms with van der Waals surface area (Å²) in [5.41, 5.74) is 0.893. The molecule has 0 spiro atoms. The Bertz CT molecular complexity index is 758. The summed E-state index contributed by atoms with van der Waals surface area (Å²) in [6.45, 7) is 4.07. The van der Waals surface area contributed by atoms with Crippen molar-refractivity contribution in [1.82, 2.24) is 20.1 Å². The monoisotopic (exact) mass is 392 g/mol. The second-order valence-electron chi connectivity index (χ2n) is 6.76. The Hall–Kier alpha value is -1.53. The van der Waals surface area contributed by atoms with Crippen LogP contribution in [0.1, 0.15) is 52.0 Å². The van der Waals surface area contributed by atoms with E-state index in [2.05, 4.69) is 27.0 Å². The summed E-state index contributed by atoms with van der Waals surface area (Å²) >= 11 is 7.85. The van der Waals surface area contributed by atoms with E-state index in [0.717, 1.165) is 35.8 Å². The molecular weight excluding hydrogens is 368 g/mol. The molecule has 5 nitrogen and oxygen atoms in total. The molecule has 26 heavy (non-hydrogen) atoms. The van der Waals surface area contributed by atoms with E-state index in [0.29, 0.717) is 16.8 Å². The highest BCUT2D eigenvalue weighted by Crippen LogP contribution is 2.38. The predicted octanol–water partition coefficient (Wildman–Crippen LogP) is 4.72. The molecule has 1 N–H and O–H groups in total. The van der Waals surface area contributed by atoms with Crippen molar-refractivity contribution in [2.24, 2.45) is 0 Å². The minimum atomic E-state index is 0.0321. The van der Waals surface area contributed by atoms with Gasteiger partial charge in [-0.3, -0.25) is 9.36 Å². The van der Waals surface area contributed by atoms with Crippen molar-refractivity contribution in [1.29, 1.82) is 0 Å². The van der Waals surface area contributed by atoms with E-state index in [-0.39, 0.29) is 11.9 Å². The number of hydrogen-bond acceptors (Lipinski definition) is 4. The number of benzene rings is 1. The fourth-order valence-electron chi connectivity index (χ4n) is 3.24. The number of carbonyl (C=O) groups is 1. The van der Waals surface area contributed by atoms with Gasteiger partial charge in [0.15, 0.2) is 11.0 Å². The third-order valence-corrected chi connectivity index (χ3v) is 6.09. The maximum absolute atomic E-state index is 12.1. The standard InChI is InChI=1S/C19H25ClN4OS/c1-3-13(2)21-17(25)12-26-19-23-22-18(15-10-6-7-11-16(15)20)24(19)14-8-4-5-9-14/h6-7,10-11,13-14H,3-5,8-9,12H2,1-2H3,(H,21,25)/t13-/m1/s1. The SMILES string of the molecule is CC[C@@H](C)NC(=O)CSc1nnc(-c2ccccc2Cl)n1C1CCCC1. The molecule has 0 unspecified atom stereocenters. The number of carbonyl (C=O) groups excluding carboxylic acids is 1. The smallest absolute Gasteiger partial charge is 0.230 e. The highest BCUT2D eigenvalue weighted by atomic mass is 35.5.